The van der Waals surface area contributed by atoms with Gasteiger partial charge in [0.1, 0.15) is 0 Å². The van der Waals surface area contributed by atoms with Gasteiger partial charge in [0, 0.05) is 24.9 Å². The average Bonchev–Trinajstić information content (AvgIpc) is 2.89. The fourth-order valence-electron chi connectivity index (χ4n) is 4.58. The lowest BCUT2D eigenvalue weighted by Crippen LogP contribution is -2.58. The van der Waals surface area contributed by atoms with E-state index in [1.54, 1.807) is 0 Å². The third-order valence-electron chi connectivity index (χ3n) is 5.31. The van der Waals surface area contributed by atoms with Crippen LogP contribution in [0.25, 0.3) is 0 Å². The maximum Gasteiger partial charge on any atom is 0.0914 e. The predicted molar refractivity (Wildman–Crippen MR) is 57.5 cm³/mol. The van der Waals surface area contributed by atoms with Crippen LogP contribution in [0.2, 0.25) is 0 Å². The zero-order valence-electron chi connectivity index (χ0n) is 9.32. The number of nitrogens with one attached hydrogen (secondary N) is 1. The van der Waals surface area contributed by atoms with Gasteiger partial charge >= 0.3 is 0 Å². The second-order valence-electron chi connectivity index (χ2n) is 6.02. The van der Waals surface area contributed by atoms with Gasteiger partial charge in [-0.05, 0) is 12.8 Å². The summed E-state index contributed by atoms with van der Waals surface area (Å²) >= 11 is 0. The van der Waals surface area contributed by atoms with Crippen molar-refractivity contribution in [1.82, 2.24) is 5.32 Å². The second-order valence-corrected chi connectivity index (χ2v) is 6.02. The van der Waals surface area contributed by atoms with E-state index < -0.39 is 0 Å². The molecule has 0 aromatic carbocycles. The molecule has 1 spiro atoms. The molecular formula is C12H21N2O+. The molecule has 2 bridgehead atoms. The van der Waals surface area contributed by atoms with Gasteiger partial charge in [-0.2, -0.15) is 0 Å². The Balaban J connectivity index is 1.58. The van der Waals surface area contributed by atoms with Crippen LogP contribution in [-0.2, 0) is 4.74 Å². The highest BCUT2D eigenvalue weighted by Crippen LogP contribution is 2.49. The first-order chi connectivity index (χ1) is 7.36. The minimum Gasteiger partial charge on any atom is -0.374 e. The summed E-state index contributed by atoms with van der Waals surface area (Å²) in [6.45, 7) is 8.05. The van der Waals surface area contributed by atoms with Crippen molar-refractivity contribution in [2.45, 2.75) is 25.0 Å². The monoisotopic (exact) mass is 209 g/mol. The van der Waals surface area contributed by atoms with Gasteiger partial charge in [-0.3, -0.25) is 0 Å². The van der Waals surface area contributed by atoms with Gasteiger partial charge in [-0.25, -0.2) is 0 Å². The van der Waals surface area contributed by atoms with E-state index in [-0.39, 0.29) is 0 Å². The molecule has 4 saturated heterocycles. The summed E-state index contributed by atoms with van der Waals surface area (Å²) in [5, 5.41) is 3.49. The molecule has 0 aromatic heterocycles. The molecule has 4 heterocycles. The highest BCUT2D eigenvalue weighted by molar-refractivity contribution is 4.99. The molecule has 15 heavy (non-hydrogen) atoms. The highest BCUT2D eigenvalue weighted by atomic mass is 16.5. The molecule has 4 unspecified atom stereocenters. The molecule has 4 atom stereocenters. The van der Waals surface area contributed by atoms with Crippen LogP contribution in [0.15, 0.2) is 0 Å². The molecule has 0 amide bonds. The third kappa shape index (κ3) is 1.17. The smallest absolute Gasteiger partial charge is 0.0914 e. The second kappa shape index (κ2) is 2.96. The molecule has 3 nitrogen and oxygen atoms in total. The van der Waals surface area contributed by atoms with E-state index in [0.717, 1.165) is 11.8 Å². The molecule has 4 aliphatic rings. The number of hydrogen-bond acceptors (Lipinski definition) is 2. The van der Waals surface area contributed by atoms with E-state index in [9.17, 15) is 0 Å². The van der Waals surface area contributed by atoms with Crippen molar-refractivity contribution in [3.05, 3.63) is 0 Å². The lowest BCUT2D eigenvalue weighted by molar-refractivity contribution is -0.921. The minimum atomic E-state index is 0.646. The Morgan fingerprint density at radius 1 is 0.933 bits per heavy atom. The first kappa shape index (κ1) is 8.97. The number of fused-ring (bicyclic) bond motifs is 5. The van der Waals surface area contributed by atoms with Gasteiger partial charge in [0.2, 0.25) is 0 Å². The fourth-order valence-corrected chi connectivity index (χ4v) is 4.58. The van der Waals surface area contributed by atoms with Crippen LogP contribution in [0.3, 0.4) is 0 Å². The Labute approximate surface area is 91.4 Å². The number of hydrogen-bond donors (Lipinski definition) is 1. The van der Waals surface area contributed by atoms with Crippen LogP contribution in [-0.4, -0.2) is 56.0 Å². The van der Waals surface area contributed by atoms with Crippen molar-refractivity contribution in [3.8, 4) is 0 Å². The number of ether oxygens (including phenoxy) is 1. The quantitative estimate of drug-likeness (QED) is 0.576. The summed E-state index contributed by atoms with van der Waals surface area (Å²) in [4.78, 5) is 0. The number of rotatable bonds is 0. The van der Waals surface area contributed by atoms with Crippen LogP contribution in [0.1, 0.15) is 12.8 Å². The molecule has 3 heteroatoms. The summed E-state index contributed by atoms with van der Waals surface area (Å²) in [5.74, 6) is 1.84. The summed E-state index contributed by atoms with van der Waals surface area (Å²) in [5.41, 5.74) is 0. The van der Waals surface area contributed by atoms with Crippen molar-refractivity contribution in [3.63, 3.8) is 0 Å². The highest BCUT2D eigenvalue weighted by Gasteiger charge is 2.59. The molecule has 0 aliphatic carbocycles. The van der Waals surface area contributed by atoms with Crippen LogP contribution in [0.5, 0.6) is 0 Å². The number of quaternary nitrogens is 1. The Morgan fingerprint density at radius 3 is 2.13 bits per heavy atom. The topological polar surface area (TPSA) is 21.3 Å². The standard InChI is InChI=1S/C12H21N2O/c1-2-12-10-8-14(5-3-13-4-6-14)7-9(10)11(1)15-12/h9-13H,1-8H2/q+1. The van der Waals surface area contributed by atoms with Crippen molar-refractivity contribution in [2.75, 3.05) is 39.3 Å². The molecule has 0 radical (unpaired) electrons. The van der Waals surface area contributed by atoms with Crippen LogP contribution < -0.4 is 5.32 Å². The summed E-state index contributed by atoms with van der Waals surface area (Å²) in [7, 11) is 0. The van der Waals surface area contributed by atoms with Crippen LogP contribution in [0, 0.1) is 11.8 Å². The van der Waals surface area contributed by atoms with Gasteiger partial charge in [0.15, 0.2) is 0 Å². The molecular weight excluding hydrogens is 188 g/mol. The molecule has 1 N–H and O–H groups in total. The van der Waals surface area contributed by atoms with Gasteiger partial charge in [0.25, 0.3) is 0 Å². The fraction of sp³-hybridized carbons (Fsp3) is 1.00. The van der Waals surface area contributed by atoms with Gasteiger partial charge in [0.05, 0.1) is 38.4 Å². The summed E-state index contributed by atoms with van der Waals surface area (Å²) in [6, 6.07) is 0. The number of nitrogens with zero attached hydrogens (tertiary/aromatic N) is 1. The number of piperazine rings is 1. The normalized spacial score (nSPS) is 51.2. The van der Waals surface area contributed by atoms with Crippen LogP contribution in [0.4, 0.5) is 0 Å². The van der Waals surface area contributed by atoms with Gasteiger partial charge in [-0.1, -0.05) is 0 Å². The molecule has 0 saturated carbocycles. The Hall–Kier alpha value is -0.120. The zero-order valence-corrected chi connectivity index (χ0v) is 9.32. The van der Waals surface area contributed by atoms with Crippen molar-refractivity contribution >= 4 is 0 Å². The average molecular weight is 209 g/mol. The lowest BCUT2D eigenvalue weighted by Gasteiger charge is -2.39. The lowest BCUT2D eigenvalue weighted by atomic mass is 9.82. The minimum absolute atomic E-state index is 0.646. The summed E-state index contributed by atoms with van der Waals surface area (Å²) < 4.78 is 7.46. The first-order valence-electron chi connectivity index (χ1n) is 6.58. The third-order valence-corrected chi connectivity index (χ3v) is 5.31. The maximum atomic E-state index is 6.05. The Bertz CT molecular complexity index is 255. The molecule has 4 fully saturated rings. The predicted octanol–water partition coefficient (Wildman–Crippen LogP) is 0.214. The van der Waals surface area contributed by atoms with E-state index in [0.29, 0.717) is 12.2 Å². The zero-order chi connectivity index (χ0) is 9.88. The SMILES string of the molecule is C1C[N+]2(CCN1)CC1C3CCC(O3)C1C2. The largest absolute Gasteiger partial charge is 0.374 e. The van der Waals surface area contributed by atoms with Crippen molar-refractivity contribution < 1.29 is 9.22 Å². The molecule has 0 aromatic rings. The molecule has 4 rings (SSSR count). The van der Waals surface area contributed by atoms with Gasteiger partial charge in [-0.15, -0.1) is 0 Å². The van der Waals surface area contributed by atoms with Crippen molar-refractivity contribution in [2.24, 2.45) is 11.8 Å². The van der Waals surface area contributed by atoms with Crippen molar-refractivity contribution in [1.29, 1.82) is 0 Å². The molecule has 4 aliphatic heterocycles. The van der Waals surface area contributed by atoms with E-state index in [1.807, 2.05) is 0 Å². The Kier molecular flexibility index (Phi) is 1.77. The van der Waals surface area contributed by atoms with Gasteiger partial charge < -0.3 is 14.5 Å². The first-order valence-corrected chi connectivity index (χ1v) is 6.58. The van der Waals surface area contributed by atoms with Crippen LogP contribution >= 0.6 is 0 Å². The molecule has 84 valence electrons. The summed E-state index contributed by atoms with van der Waals surface area (Å²) in [6.07, 6.45) is 3.99. The van der Waals surface area contributed by atoms with E-state index in [4.69, 9.17) is 4.74 Å². The van der Waals surface area contributed by atoms with E-state index >= 15 is 0 Å². The maximum absolute atomic E-state index is 6.05. The van der Waals surface area contributed by atoms with E-state index in [2.05, 4.69) is 5.32 Å². The Morgan fingerprint density at radius 2 is 1.53 bits per heavy atom. The van der Waals surface area contributed by atoms with E-state index in [1.165, 1.54) is 56.6 Å².